The fraction of sp³-hybridized carbons (Fsp3) is 0.381. The predicted molar refractivity (Wildman–Crippen MR) is 232 cm³/mol. The number of fused-ring (bicyclic) bond motifs is 2. The second-order valence-corrected chi connectivity index (χ2v) is 21.1. The van der Waals surface area contributed by atoms with Crippen molar-refractivity contribution >= 4 is 78.1 Å². The van der Waals surface area contributed by atoms with Crippen LogP contribution in [-0.2, 0) is 40.5 Å². The highest BCUT2D eigenvalue weighted by atomic mass is 32.2. The van der Waals surface area contributed by atoms with Gasteiger partial charge in [-0.25, -0.2) is 21.6 Å². The number of benzene rings is 2. The van der Waals surface area contributed by atoms with E-state index in [2.05, 4.69) is 46.8 Å². The molecule has 4 aliphatic rings. The maximum Gasteiger partial charge on any atom is 0.328 e. The van der Waals surface area contributed by atoms with Crippen LogP contribution in [0.2, 0.25) is 0 Å². The summed E-state index contributed by atoms with van der Waals surface area (Å²) in [6.45, 7) is 12.1. The van der Waals surface area contributed by atoms with Gasteiger partial charge in [-0.3, -0.25) is 14.2 Å². The molecular weight excluding hydrogens is 801 g/mol. The van der Waals surface area contributed by atoms with Crippen LogP contribution in [-0.4, -0.2) is 77.4 Å². The average molecular weight is 851 g/mol. The number of anilines is 2. The first kappa shape index (κ1) is 42.3. The number of piperidine rings is 2. The number of carbonyl (C=O) groups excluding carboxylic acids is 1. The van der Waals surface area contributed by atoms with Crippen LogP contribution in [0.5, 0.6) is 0 Å². The first-order valence-corrected chi connectivity index (χ1v) is 24.2. The third-order valence-electron chi connectivity index (χ3n) is 11.8. The van der Waals surface area contributed by atoms with Crippen LogP contribution in [0.4, 0.5) is 11.4 Å². The molecule has 57 heavy (non-hydrogen) atoms. The molecule has 2 aromatic heterocycles. The van der Waals surface area contributed by atoms with E-state index in [9.17, 15) is 26.4 Å². The summed E-state index contributed by atoms with van der Waals surface area (Å²) in [6, 6.07) is 19.4. The van der Waals surface area contributed by atoms with Gasteiger partial charge in [-0.1, -0.05) is 38.1 Å². The molecule has 4 N–H and O–H groups in total. The van der Waals surface area contributed by atoms with E-state index >= 15 is 0 Å². The Hall–Kier alpha value is -4.28. The number of likely N-dealkylation sites (tertiary alicyclic amines) is 1. The number of nitrogens with zero attached hydrogens (tertiary/aromatic N) is 1. The second-order valence-electron chi connectivity index (χ2n) is 15.7. The number of aliphatic carboxylic acids is 1. The summed E-state index contributed by atoms with van der Waals surface area (Å²) in [5.41, 5.74) is 6.16. The summed E-state index contributed by atoms with van der Waals surface area (Å²) in [4.78, 5) is 26.7. The molecular formula is C42H50N4O7S4. The van der Waals surface area contributed by atoms with Gasteiger partial charge in [-0.15, -0.1) is 22.7 Å². The zero-order valence-corrected chi connectivity index (χ0v) is 36.1. The van der Waals surface area contributed by atoms with Gasteiger partial charge in [0.05, 0.1) is 12.5 Å². The largest absolute Gasteiger partial charge is 0.478 e. The average Bonchev–Trinajstić information content (AvgIpc) is 3.63. The highest BCUT2D eigenvalue weighted by Gasteiger charge is 2.66. The summed E-state index contributed by atoms with van der Waals surface area (Å²) in [5.74, 6) is 1.40. The van der Waals surface area contributed by atoms with E-state index in [1.807, 2.05) is 65.9 Å². The fourth-order valence-electron chi connectivity index (χ4n) is 8.49. The highest BCUT2D eigenvalue weighted by Crippen LogP contribution is 2.63. The zero-order valence-electron chi connectivity index (χ0n) is 32.9. The number of hydrogen-bond acceptors (Lipinski definition) is 9. The van der Waals surface area contributed by atoms with Gasteiger partial charge in [0.2, 0.25) is 26.0 Å². The number of sulfonamides is 2. The second kappa shape index (κ2) is 16.5. The van der Waals surface area contributed by atoms with E-state index in [0.717, 1.165) is 59.4 Å². The fourth-order valence-corrected chi connectivity index (χ4v) is 11.2. The minimum atomic E-state index is -3.30. The maximum absolute atomic E-state index is 12.5. The van der Waals surface area contributed by atoms with Crippen molar-refractivity contribution in [3.8, 4) is 0 Å². The molecule has 11 nitrogen and oxygen atoms in total. The van der Waals surface area contributed by atoms with Gasteiger partial charge in [-0.05, 0) is 132 Å². The van der Waals surface area contributed by atoms with Crippen LogP contribution >= 0.6 is 22.7 Å². The minimum Gasteiger partial charge on any atom is -0.478 e. The molecule has 2 saturated heterocycles. The van der Waals surface area contributed by atoms with Crippen molar-refractivity contribution in [3.63, 3.8) is 0 Å². The standard InChI is InChI=1S/C21H24N2O3S2.C13H18N2O2S.C8H8O2S/c1-14-9-10-27-19(14)7-8-20(24)23-12-17-18(13-23)21(17,2)15-5-4-6-16(11-15)22-28(3,25)26;1-13(11-7-14-8-12(11)13)9-4-3-5-10(6-9)15-18(2,16)17;1-6-4-5-11-7(6)2-3-8(9)10/h4-11,17-18,22H,12-13H2,1-3H3;3-6,11-12,14-15H,7-8H2,1-2H3;2-5H,1H3,(H,9,10)/b8-7+;;3-2+. The van der Waals surface area contributed by atoms with E-state index < -0.39 is 26.0 Å². The number of thiophene rings is 2. The van der Waals surface area contributed by atoms with Crippen molar-refractivity contribution < 1.29 is 31.5 Å². The summed E-state index contributed by atoms with van der Waals surface area (Å²) in [5, 5.41) is 15.7. The summed E-state index contributed by atoms with van der Waals surface area (Å²) in [6.07, 6.45) is 8.68. The third-order valence-corrected chi connectivity index (χ3v) is 15.0. The number of carbonyl (C=O) groups is 2. The third kappa shape index (κ3) is 9.89. The Labute approximate surface area is 344 Å². The van der Waals surface area contributed by atoms with Gasteiger partial charge in [-0.2, -0.15) is 0 Å². The maximum atomic E-state index is 12.5. The van der Waals surface area contributed by atoms with Gasteiger partial charge < -0.3 is 15.3 Å². The molecule has 4 heterocycles. The van der Waals surface area contributed by atoms with Crippen molar-refractivity contribution in [3.05, 3.63) is 116 Å². The lowest BCUT2D eigenvalue weighted by molar-refractivity contribution is -0.131. The lowest BCUT2D eigenvalue weighted by Crippen LogP contribution is -2.33. The van der Waals surface area contributed by atoms with Crippen LogP contribution in [0.25, 0.3) is 12.2 Å². The van der Waals surface area contributed by atoms with Gasteiger partial charge in [0.1, 0.15) is 0 Å². The first-order valence-electron chi connectivity index (χ1n) is 18.6. The van der Waals surface area contributed by atoms with E-state index in [1.165, 1.54) is 17.4 Å². The van der Waals surface area contributed by atoms with Crippen molar-refractivity contribution in [2.45, 2.75) is 38.5 Å². The lowest BCUT2D eigenvalue weighted by Gasteiger charge is -2.24. The van der Waals surface area contributed by atoms with Crippen molar-refractivity contribution in [2.24, 2.45) is 23.7 Å². The Balaban J connectivity index is 0.000000161. The van der Waals surface area contributed by atoms with Crippen molar-refractivity contribution in [1.29, 1.82) is 0 Å². The number of rotatable bonds is 10. The number of aryl methyl sites for hydroxylation is 2. The van der Waals surface area contributed by atoms with Crippen LogP contribution in [0.1, 0.15) is 45.9 Å². The van der Waals surface area contributed by atoms with Crippen LogP contribution < -0.4 is 14.8 Å². The van der Waals surface area contributed by atoms with Crippen LogP contribution in [0.15, 0.2) is 83.6 Å². The molecule has 2 saturated carbocycles. The predicted octanol–water partition coefficient (Wildman–Crippen LogP) is 6.81. The molecule has 4 aromatic rings. The smallest absolute Gasteiger partial charge is 0.328 e. The van der Waals surface area contributed by atoms with Crippen LogP contribution in [0, 0.1) is 37.5 Å². The first-order chi connectivity index (χ1) is 26.8. The Morgan fingerprint density at radius 2 is 1.18 bits per heavy atom. The quantitative estimate of drug-likeness (QED) is 0.127. The molecule has 2 aromatic carbocycles. The molecule has 4 fully saturated rings. The Morgan fingerprint density at radius 1 is 0.737 bits per heavy atom. The molecule has 4 unspecified atom stereocenters. The number of hydrogen-bond donors (Lipinski definition) is 4. The SMILES string of the molecule is CC1(c2cccc(NS(C)(=O)=O)c2)C2CNCC21.Cc1ccsc1/C=C/C(=O)N1CC2C(C1)C2(C)c1cccc(NS(C)(=O)=O)c1.Cc1ccsc1/C=C/C(=O)O. The Bertz CT molecular complexity index is 2400. The summed E-state index contributed by atoms with van der Waals surface area (Å²) in [7, 11) is -6.50. The zero-order chi connectivity index (χ0) is 41.3. The number of amides is 1. The Morgan fingerprint density at radius 3 is 1.58 bits per heavy atom. The molecule has 4 atom stereocenters. The monoisotopic (exact) mass is 850 g/mol. The molecule has 0 bridgehead atoms. The summed E-state index contributed by atoms with van der Waals surface area (Å²) >= 11 is 3.18. The molecule has 2 aliphatic carbocycles. The Kier molecular flexibility index (Phi) is 12.3. The number of carboxylic acid groups (broad SMARTS) is 1. The van der Waals surface area contributed by atoms with Crippen molar-refractivity contribution in [1.82, 2.24) is 10.2 Å². The summed E-state index contributed by atoms with van der Waals surface area (Å²) < 4.78 is 50.6. The van der Waals surface area contributed by atoms with Crippen molar-refractivity contribution in [2.75, 3.05) is 48.1 Å². The minimum absolute atomic E-state index is 0.0000276. The van der Waals surface area contributed by atoms with Gasteiger partial charge in [0.25, 0.3) is 0 Å². The number of carboxylic acids is 1. The lowest BCUT2D eigenvalue weighted by atomic mass is 9.92. The topological polar surface area (TPSA) is 162 Å². The molecule has 15 heteroatoms. The van der Waals surface area contributed by atoms with Gasteiger partial charge >= 0.3 is 5.97 Å². The number of nitrogens with one attached hydrogen (secondary N) is 3. The highest BCUT2D eigenvalue weighted by molar-refractivity contribution is 7.92. The van der Waals surface area contributed by atoms with E-state index in [1.54, 1.807) is 47.0 Å². The van der Waals surface area contributed by atoms with Gasteiger partial charge in [0.15, 0.2) is 0 Å². The molecule has 1 amide bonds. The normalized spacial score (nSPS) is 25.8. The van der Waals surface area contributed by atoms with Crippen LogP contribution in [0.3, 0.4) is 0 Å². The molecule has 2 aliphatic heterocycles. The molecule has 304 valence electrons. The van der Waals surface area contributed by atoms with E-state index in [-0.39, 0.29) is 16.7 Å². The molecule has 8 rings (SSSR count). The molecule has 0 radical (unpaired) electrons. The van der Waals surface area contributed by atoms with E-state index in [0.29, 0.717) is 35.0 Å². The van der Waals surface area contributed by atoms with Gasteiger partial charge in [0, 0.05) is 57.2 Å². The molecule has 0 spiro atoms. The van der Waals surface area contributed by atoms with E-state index in [4.69, 9.17) is 5.11 Å².